The fraction of sp³-hybridized carbons (Fsp3) is 0.778. The van der Waals surface area contributed by atoms with Crippen molar-refractivity contribution < 1.29 is 19.1 Å². The molecule has 0 heterocycles. The van der Waals surface area contributed by atoms with E-state index < -0.39 is 6.29 Å². The fourth-order valence-electron chi connectivity index (χ4n) is 0.866. The van der Waals surface area contributed by atoms with Gasteiger partial charge in [-0.1, -0.05) is 6.92 Å². The van der Waals surface area contributed by atoms with Crippen LogP contribution in [0.5, 0.6) is 0 Å². The molecule has 0 saturated carbocycles. The lowest BCUT2D eigenvalue weighted by Gasteiger charge is -2.11. The molecule has 0 aromatic carbocycles. The van der Waals surface area contributed by atoms with Crippen molar-refractivity contribution in [1.82, 2.24) is 0 Å². The van der Waals surface area contributed by atoms with E-state index in [9.17, 15) is 9.59 Å². The van der Waals surface area contributed by atoms with Crippen molar-refractivity contribution in [3.8, 4) is 0 Å². The first kappa shape index (κ1) is 12.3. The molecule has 0 atom stereocenters. The lowest BCUT2D eigenvalue weighted by Crippen LogP contribution is -2.19. The molecule has 0 spiro atoms. The summed E-state index contributed by atoms with van der Waals surface area (Å²) in [6.45, 7) is 1.74. The van der Waals surface area contributed by atoms with E-state index in [0.717, 1.165) is 0 Å². The minimum atomic E-state index is -0.530. The highest BCUT2D eigenvalue weighted by atomic mass is 16.7. The Balaban J connectivity index is 3.79. The third-order valence-electron chi connectivity index (χ3n) is 1.71. The summed E-state index contributed by atoms with van der Waals surface area (Å²) < 4.78 is 9.66. The number of ether oxygens (including phenoxy) is 2. The predicted molar refractivity (Wildman–Crippen MR) is 47.3 cm³/mol. The number of Topliss-reactive ketones (excluding diaryl/α,β-unsaturated/α-hetero) is 2. The molecule has 0 saturated heterocycles. The minimum Gasteiger partial charge on any atom is -0.355 e. The molecule has 0 aliphatic rings. The van der Waals surface area contributed by atoms with Crippen LogP contribution in [0.3, 0.4) is 0 Å². The van der Waals surface area contributed by atoms with Gasteiger partial charge in [0.05, 0.1) is 12.8 Å². The number of ketones is 2. The van der Waals surface area contributed by atoms with Gasteiger partial charge in [0.2, 0.25) is 0 Å². The van der Waals surface area contributed by atoms with Gasteiger partial charge in [0, 0.05) is 20.6 Å². The zero-order valence-corrected chi connectivity index (χ0v) is 8.33. The Morgan fingerprint density at radius 2 is 1.69 bits per heavy atom. The van der Waals surface area contributed by atoms with Crippen LogP contribution < -0.4 is 0 Å². The van der Waals surface area contributed by atoms with Gasteiger partial charge in [-0.25, -0.2) is 0 Å². The fourth-order valence-corrected chi connectivity index (χ4v) is 0.866. The van der Waals surface area contributed by atoms with Crippen LogP contribution in [0.2, 0.25) is 0 Å². The zero-order chi connectivity index (χ0) is 10.3. The van der Waals surface area contributed by atoms with Crippen molar-refractivity contribution >= 4 is 11.6 Å². The zero-order valence-electron chi connectivity index (χ0n) is 8.33. The third-order valence-corrected chi connectivity index (χ3v) is 1.71. The van der Waals surface area contributed by atoms with Crippen molar-refractivity contribution in [1.29, 1.82) is 0 Å². The Labute approximate surface area is 78.2 Å². The number of methoxy groups -OCH3 is 2. The van der Waals surface area contributed by atoms with E-state index in [-0.39, 0.29) is 24.4 Å². The van der Waals surface area contributed by atoms with Gasteiger partial charge in [0.15, 0.2) is 6.29 Å². The maximum atomic E-state index is 11.2. The van der Waals surface area contributed by atoms with E-state index >= 15 is 0 Å². The molecule has 0 unspecified atom stereocenters. The topological polar surface area (TPSA) is 52.6 Å². The van der Waals surface area contributed by atoms with Crippen molar-refractivity contribution in [3.05, 3.63) is 0 Å². The Morgan fingerprint density at radius 1 is 1.15 bits per heavy atom. The summed E-state index contributed by atoms with van der Waals surface area (Å²) in [6, 6.07) is 0. The quantitative estimate of drug-likeness (QED) is 0.440. The molecule has 0 aliphatic heterocycles. The Morgan fingerprint density at radius 3 is 2.08 bits per heavy atom. The van der Waals surface area contributed by atoms with Crippen molar-refractivity contribution in [2.24, 2.45) is 0 Å². The van der Waals surface area contributed by atoms with Crippen molar-refractivity contribution in [2.45, 2.75) is 32.5 Å². The highest BCUT2D eigenvalue weighted by Gasteiger charge is 2.14. The summed E-state index contributed by atoms with van der Waals surface area (Å²) in [5.41, 5.74) is 0. The molecular weight excluding hydrogens is 172 g/mol. The van der Waals surface area contributed by atoms with Crippen LogP contribution in [0.25, 0.3) is 0 Å². The Bertz CT molecular complexity index is 172. The van der Waals surface area contributed by atoms with Gasteiger partial charge in [-0.05, 0) is 0 Å². The van der Waals surface area contributed by atoms with E-state index in [2.05, 4.69) is 0 Å². The molecule has 0 radical (unpaired) electrons. The Hall–Kier alpha value is -0.740. The maximum Gasteiger partial charge on any atom is 0.163 e. The van der Waals surface area contributed by atoms with Gasteiger partial charge in [0.25, 0.3) is 0 Å². The third kappa shape index (κ3) is 5.49. The highest BCUT2D eigenvalue weighted by molar-refractivity contribution is 5.98. The average molecular weight is 188 g/mol. The lowest BCUT2D eigenvalue weighted by atomic mass is 10.1. The Kier molecular flexibility index (Phi) is 6.36. The normalized spacial score (nSPS) is 10.5. The standard InChI is InChI=1S/C9H16O4/c1-4-7(10)5-8(11)6-9(12-2)13-3/h9H,4-6H2,1-3H3. The predicted octanol–water partition coefficient (Wildman–Crippen LogP) is 0.934. The average Bonchev–Trinajstić information content (AvgIpc) is 2.13. The van der Waals surface area contributed by atoms with Gasteiger partial charge in [-0.3, -0.25) is 9.59 Å². The largest absolute Gasteiger partial charge is 0.355 e. The summed E-state index contributed by atoms with van der Waals surface area (Å²) in [5, 5.41) is 0. The first-order valence-electron chi connectivity index (χ1n) is 4.23. The smallest absolute Gasteiger partial charge is 0.163 e. The van der Waals surface area contributed by atoms with E-state index in [4.69, 9.17) is 9.47 Å². The summed E-state index contributed by atoms with van der Waals surface area (Å²) in [7, 11) is 2.92. The van der Waals surface area contributed by atoms with Crippen LogP contribution in [-0.2, 0) is 19.1 Å². The molecule has 0 aromatic rings. The number of rotatable bonds is 7. The van der Waals surface area contributed by atoms with Gasteiger partial charge >= 0.3 is 0 Å². The van der Waals surface area contributed by atoms with Crippen molar-refractivity contribution in [3.63, 3.8) is 0 Å². The summed E-state index contributed by atoms with van der Waals surface area (Å²) in [4.78, 5) is 22.0. The molecule has 13 heavy (non-hydrogen) atoms. The van der Waals surface area contributed by atoms with Crippen LogP contribution in [-0.4, -0.2) is 32.1 Å². The first-order chi connectivity index (χ1) is 6.13. The number of hydrogen-bond acceptors (Lipinski definition) is 4. The molecule has 76 valence electrons. The minimum absolute atomic E-state index is 0.0142. The van der Waals surface area contributed by atoms with Crippen molar-refractivity contribution in [2.75, 3.05) is 14.2 Å². The SMILES string of the molecule is CCC(=O)CC(=O)CC(OC)OC. The molecular formula is C9H16O4. The molecule has 0 rings (SSSR count). The summed E-state index contributed by atoms with van der Waals surface area (Å²) in [6.07, 6.45) is -0.00776. The second-order valence-corrected chi connectivity index (χ2v) is 2.71. The van der Waals surface area contributed by atoms with E-state index in [1.165, 1.54) is 14.2 Å². The molecule has 0 bridgehead atoms. The second kappa shape index (κ2) is 6.74. The molecule has 0 aromatic heterocycles. The van der Waals surface area contributed by atoms with Crippen LogP contribution >= 0.6 is 0 Å². The first-order valence-corrected chi connectivity index (χ1v) is 4.23. The number of hydrogen-bond donors (Lipinski definition) is 0. The van der Waals surface area contributed by atoms with Gasteiger partial charge < -0.3 is 9.47 Å². The van der Waals surface area contributed by atoms with Gasteiger partial charge in [-0.2, -0.15) is 0 Å². The van der Waals surface area contributed by atoms with Gasteiger partial charge in [0.1, 0.15) is 11.6 Å². The molecule has 0 amide bonds. The highest BCUT2D eigenvalue weighted by Crippen LogP contribution is 2.02. The molecule has 0 N–H and O–H groups in total. The molecule has 0 fully saturated rings. The molecule has 0 aliphatic carbocycles. The van der Waals surface area contributed by atoms with Crippen LogP contribution in [0, 0.1) is 0 Å². The summed E-state index contributed by atoms with van der Waals surface area (Å²) in [5.74, 6) is -0.184. The monoisotopic (exact) mass is 188 g/mol. The lowest BCUT2D eigenvalue weighted by molar-refractivity contribution is -0.139. The molecule has 4 nitrogen and oxygen atoms in total. The van der Waals surface area contributed by atoms with Crippen LogP contribution in [0.1, 0.15) is 26.2 Å². The summed E-state index contributed by atoms with van der Waals surface area (Å²) >= 11 is 0. The maximum absolute atomic E-state index is 11.2. The second-order valence-electron chi connectivity index (χ2n) is 2.71. The van der Waals surface area contributed by atoms with Gasteiger partial charge in [-0.15, -0.1) is 0 Å². The van der Waals surface area contributed by atoms with Crippen LogP contribution in [0.4, 0.5) is 0 Å². The van der Waals surface area contributed by atoms with E-state index in [1.807, 2.05) is 0 Å². The van der Waals surface area contributed by atoms with E-state index in [1.54, 1.807) is 6.92 Å². The van der Waals surface area contributed by atoms with E-state index in [0.29, 0.717) is 6.42 Å². The molecule has 4 heteroatoms. The number of carbonyl (C=O) groups excluding carboxylic acids is 2. The van der Waals surface area contributed by atoms with Crippen LogP contribution in [0.15, 0.2) is 0 Å². The number of carbonyl (C=O) groups is 2.